The maximum atomic E-state index is 9.43. The highest BCUT2D eigenvalue weighted by atomic mass is 127. The third-order valence-electron chi connectivity index (χ3n) is 23.0. The topological polar surface area (TPSA) is 60.0 Å². The van der Waals surface area contributed by atoms with Crippen molar-refractivity contribution in [2.24, 2.45) is 0 Å². The second kappa shape index (κ2) is 33.5. The van der Waals surface area contributed by atoms with Crippen LogP contribution in [0.25, 0.3) is 66.1 Å². The Bertz CT molecular complexity index is 6670. The molecule has 21 rings (SSSR count). The molecule has 0 amide bonds. The van der Waals surface area contributed by atoms with Crippen LogP contribution in [0.3, 0.4) is 0 Å². The first kappa shape index (κ1) is 79.6. The van der Waals surface area contributed by atoms with E-state index in [0.29, 0.717) is 5.46 Å². The van der Waals surface area contributed by atoms with Crippen molar-refractivity contribution in [3.63, 3.8) is 0 Å². The molecule has 2 N–H and O–H groups in total. The van der Waals surface area contributed by atoms with E-state index >= 15 is 0 Å². The van der Waals surface area contributed by atoms with Crippen LogP contribution < -0.4 is 20.2 Å². The van der Waals surface area contributed by atoms with Crippen molar-refractivity contribution in [1.82, 2.24) is 9.13 Å². The number of benzene rings is 16. The minimum Gasteiger partial charge on any atom is -0.423 e. The molecule has 5 heterocycles. The monoisotopic (exact) mass is 1900 g/mol. The number of halogens is 5. The average Bonchev–Trinajstić information content (AvgIpc) is 1.28. The molecule has 578 valence electrons. The third-order valence-corrected chi connectivity index (χ3v) is 25.7. The molecule has 7 nitrogen and oxygen atoms in total. The Morgan fingerprint density at radius 3 is 0.941 bits per heavy atom. The molecule has 0 radical (unpaired) electrons. The molecule has 2 aromatic heterocycles. The Morgan fingerprint density at radius 2 is 0.542 bits per heavy atom. The molecule has 0 saturated carbocycles. The van der Waals surface area contributed by atoms with Crippen LogP contribution >= 0.6 is 86.3 Å². The van der Waals surface area contributed by atoms with Crippen molar-refractivity contribution in [3.8, 4) is 22.5 Å². The first-order chi connectivity index (χ1) is 57.2. The zero-order valence-electron chi connectivity index (χ0n) is 66.0. The number of aromatic nitrogens is 2. The van der Waals surface area contributed by atoms with Crippen LogP contribution in [0.2, 0.25) is 0 Å². The molecule has 0 atom stereocenters. The summed E-state index contributed by atoms with van der Waals surface area (Å²) in [5.41, 5.74) is 28.8. The van der Waals surface area contributed by atoms with Crippen molar-refractivity contribution in [3.05, 3.63) is 437 Å². The SMILES string of the molecule is CC1(C)c2cc(Br)ccc2N(c2ccccc2)c2ccc(-c3ccccc3)cc21.CC1(C)c2cc(Br)ccc2N(c2ccccc2)c2ccc(Br)cc21.CC1(C)c2ccccc2N(c2ccccc2)c2ccc(Br)cc21.Ic1ccc2c(c1)c1ccccc1n2-c1ccccc1.OB(O)c1ccc2c(c1)c1ccccc1n2-c1ccccc1. The summed E-state index contributed by atoms with van der Waals surface area (Å²) in [5, 5.41) is 23.6. The van der Waals surface area contributed by atoms with E-state index in [9.17, 15) is 10.0 Å². The van der Waals surface area contributed by atoms with E-state index in [1.807, 2.05) is 42.5 Å². The third kappa shape index (κ3) is 15.3. The minimum absolute atomic E-state index is 0.0268. The van der Waals surface area contributed by atoms with Gasteiger partial charge in [0.1, 0.15) is 0 Å². The first-order valence-corrected chi connectivity index (χ1v) is 43.7. The number of para-hydroxylation sites is 8. The highest BCUT2D eigenvalue weighted by Gasteiger charge is 2.40. The van der Waals surface area contributed by atoms with Crippen molar-refractivity contribution in [2.45, 2.75) is 57.8 Å². The van der Waals surface area contributed by atoms with Crippen LogP contribution in [0.15, 0.2) is 400 Å². The molecule has 18 aromatic rings. The second-order valence-electron chi connectivity index (χ2n) is 31.3. The maximum absolute atomic E-state index is 9.43. The first-order valence-electron chi connectivity index (χ1n) is 39.5. The number of hydrogen-bond donors (Lipinski definition) is 2. The summed E-state index contributed by atoms with van der Waals surface area (Å²) in [6.45, 7) is 13.9. The highest BCUT2D eigenvalue weighted by Crippen LogP contribution is 2.56. The number of fused-ring (bicyclic) bond motifs is 12. The zero-order valence-corrected chi connectivity index (χ0v) is 74.5. The van der Waals surface area contributed by atoms with Gasteiger partial charge in [0.2, 0.25) is 0 Å². The summed E-state index contributed by atoms with van der Waals surface area (Å²) in [6.07, 6.45) is 0. The predicted octanol–water partition coefficient (Wildman–Crippen LogP) is 30.0. The Morgan fingerprint density at radius 1 is 0.246 bits per heavy atom. The fourth-order valence-electron chi connectivity index (χ4n) is 17.3. The zero-order chi connectivity index (χ0) is 81.6. The summed E-state index contributed by atoms with van der Waals surface area (Å²) >= 11 is 17.0. The van der Waals surface area contributed by atoms with E-state index < -0.39 is 7.12 Å². The number of hydrogen-bond acceptors (Lipinski definition) is 5. The molecular formula is C105H83BBr4IN5O2. The summed E-state index contributed by atoms with van der Waals surface area (Å²) in [5.74, 6) is 0. The van der Waals surface area contributed by atoms with E-state index in [1.54, 1.807) is 6.07 Å². The van der Waals surface area contributed by atoms with E-state index in [-0.39, 0.29) is 16.2 Å². The normalized spacial score (nSPS) is 13.4. The van der Waals surface area contributed by atoms with Crippen LogP contribution in [0.4, 0.5) is 51.2 Å². The van der Waals surface area contributed by atoms with Crippen molar-refractivity contribution in [1.29, 1.82) is 0 Å². The molecule has 13 heteroatoms. The Labute approximate surface area is 738 Å². The smallest absolute Gasteiger partial charge is 0.423 e. The van der Waals surface area contributed by atoms with Crippen LogP contribution in [-0.4, -0.2) is 26.3 Å². The van der Waals surface area contributed by atoms with Crippen LogP contribution in [0, 0.1) is 3.57 Å². The summed E-state index contributed by atoms with van der Waals surface area (Å²) in [4.78, 5) is 7.11. The lowest BCUT2D eigenvalue weighted by atomic mass is 9.73. The lowest BCUT2D eigenvalue weighted by molar-refractivity contribution is 0.426. The second-order valence-corrected chi connectivity index (χ2v) is 36.2. The van der Waals surface area contributed by atoms with E-state index in [1.165, 1.54) is 127 Å². The van der Waals surface area contributed by atoms with Gasteiger partial charge in [-0.1, -0.05) is 299 Å². The quantitative estimate of drug-likeness (QED) is 0.123. The van der Waals surface area contributed by atoms with Crippen molar-refractivity contribution >= 4 is 194 Å². The molecule has 118 heavy (non-hydrogen) atoms. The molecule has 0 aliphatic carbocycles. The molecule has 0 unspecified atom stereocenters. The fourth-order valence-corrected chi connectivity index (χ4v) is 19.2. The molecule has 0 fully saturated rings. The number of nitrogens with zero attached hydrogens (tertiary/aromatic N) is 5. The molecule has 0 saturated heterocycles. The predicted molar refractivity (Wildman–Crippen MR) is 520 cm³/mol. The Hall–Kier alpha value is -10.8. The Kier molecular flexibility index (Phi) is 22.6. The van der Waals surface area contributed by atoms with Gasteiger partial charge in [-0.25, -0.2) is 0 Å². The van der Waals surface area contributed by atoms with E-state index in [0.717, 1.165) is 45.4 Å². The molecular weight excluding hydrogens is 1820 g/mol. The van der Waals surface area contributed by atoms with Gasteiger partial charge < -0.3 is 33.9 Å². The fraction of sp³-hybridized carbons (Fsp3) is 0.0857. The van der Waals surface area contributed by atoms with Gasteiger partial charge in [0.25, 0.3) is 0 Å². The van der Waals surface area contributed by atoms with Gasteiger partial charge in [0, 0.05) is 87.7 Å². The number of rotatable bonds is 7. The van der Waals surface area contributed by atoms with E-state index in [4.69, 9.17) is 0 Å². The minimum atomic E-state index is -1.46. The summed E-state index contributed by atoms with van der Waals surface area (Å²) < 4.78 is 10.3. The van der Waals surface area contributed by atoms with Gasteiger partial charge >= 0.3 is 7.12 Å². The largest absolute Gasteiger partial charge is 0.488 e. The van der Waals surface area contributed by atoms with Gasteiger partial charge in [-0.2, -0.15) is 0 Å². The standard InChI is InChI=1S/C27H22BrN.C21H17Br2N.C21H18BrN.C18H14BNO2.C18H12IN/c1-27(2)23-17-20(19-9-5-3-6-10-19)13-15-25(23)29(22-11-7-4-8-12-22)26-16-14-21(28)18-24(26)27;1-21(2)17-12-14(22)8-10-19(17)24(16-6-4-3-5-7-16)20-11-9-15(23)13-18(20)21;1-21(2)17-10-6-7-11-19(17)23(16-8-4-3-5-9-16)20-13-12-15(22)14-18(20)21;21-19(22)13-10-11-18-16(12-13)15-8-4-5-9-17(15)20(18)14-6-2-1-3-7-14;19-13-10-11-18-16(12-13)15-8-4-5-9-17(15)20(18)14-6-2-1-3-7-14/h3-18H,1-2H3;3-13H,1-2H3;3-14H,1-2H3;1-12,21-22H;1-12H. The van der Waals surface area contributed by atoms with Gasteiger partial charge in [-0.3, -0.25) is 0 Å². The number of anilines is 9. The maximum Gasteiger partial charge on any atom is 0.488 e. The molecule has 3 aliphatic rings. The van der Waals surface area contributed by atoms with Gasteiger partial charge in [0.15, 0.2) is 0 Å². The van der Waals surface area contributed by atoms with Gasteiger partial charge in [-0.15, -0.1) is 0 Å². The average molecular weight is 1900 g/mol. The van der Waals surface area contributed by atoms with Crippen LogP contribution in [-0.2, 0) is 16.2 Å². The van der Waals surface area contributed by atoms with Gasteiger partial charge in [-0.05, 0) is 261 Å². The Balaban J connectivity index is 0.000000106. The lowest BCUT2D eigenvalue weighted by Gasteiger charge is -2.42. The van der Waals surface area contributed by atoms with Crippen LogP contribution in [0.1, 0.15) is 74.9 Å². The molecule has 16 aromatic carbocycles. The lowest BCUT2D eigenvalue weighted by Crippen LogP contribution is -2.30. The highest BCUT2D eigenvalue weighted by molar-refractivity contribution is 14.1. The molecule has 0 spiro atoms. The summed E-state index contributed by atoms with van der Waals surface area (Å²) in [6, 6.07) is 134. The molecule has 0 bridgehead atoms. The van der Waals surface area contributed by atoms with Crippen LogP contribution in [0.5, 0.6) is 0 Å². The van der Waals surface area contributed by atoms with E-state index in [2.05, 4.69) is 485 Å². The van der Waals surface area contributed by atoms with Crippen molar-refractivity contribution < 1.29 is 10.0 Å². The molecule has 3 aliphatic heterocycles. The van der Waals surface area contributed by atoms with Crippen molar-refractivity contribution in [2.75, 3.05) is 14.7 Å². The summed E-state index contributed by atoms with van der Waals surface area (Å²) in [7, 11) is -1.46. The van der Waals surface area contributed by atoms with Gasteiger partial charge in [0.05, 0.1) is 56.2 Å².